The minimum Gasteiger partial charge on any atom is -0.430 e. The highest BCUT2D eigenvalue weighted by atomic mass is 16.4. The first-order chi connectivity index (χ1) is 12.6. The van der Waals surface area contributed by atoms with Gasteiger partial charge in [-0.25, -0.2) is 9.48 Å². The van der Waals surface area contributed by atoms with Crippen LogP contribution in [0, 0.1) is 6.92 Å². The van der Waals surface area contributed by atoms with Crippen LogP contribution in [0.1, 0.15) is 16.1 Å². The van der Waals surface area contributed by atoms with Gasteiger partial charge in [-0.2, -0.15) is 0 Å². The fourth-order valence-electron chi connectivity index (χ4n) is 2.74. The highest BCUT2D eigenvalue weighted by Crippen LogP contribution is 2.18. The molecule has 1 amide bonds. The molecule has 1 N–H and O–H groups in total. The van der Waals surface area contributed by atoms with Crippen molar-refractivity contribution >= 4 is 22.4 Å². The number of hydrogen-bond acceptors (Lipinski definition) is 5. The van der Waals surface area contributed by atoms with E-state index in [2.05, 4.69) is 15.6 Å². The molecule has 0 fully saturated rings. The zero-order valence-electron chi connectivity index (χ0n) is 13.8. The van der Waals surface area contributed by atoms with Crippen LogP contribution in [0.5, 0.6) is 0 Å². The van der Waals surface area contributed by atoms with E-state index < -0.39 is 5.63 Å². The molecule has 0 radical (unpaired) electrons. The van der Waals surface area contributed by atoms with E-state index in [1.54, 1.807) is 47.3 Å². The van der Waals surface area contributed by atoms with Crippen LogP contribution in [0.3, 0.4) is 0 Å². The van der Waals surface area contributed by atoms with Crippen molar-refractivity contribution in [3.05, 3.63) is 82.7 Å². The topological polar surface area (TPSA) is 90.0 Å². The number of anilines is 1. The Balaban J connectivity index is 1.62. The van der Waals surface area contributed by atoms with Crippen molar-refractivity contribution in [2.45, 2.75) is 6.92 Å². The molecular formula is C19H14N4O3. The Morgan fingerprint density at radius 3 is 2.50 bits per heavy atom. The maximum Gasteiger partial charge on any atom is 0.343 e. The highest BCUT2D eigenvalue weighted by molar-refractivity contribution is 6.12. The zero-order valence-corrected chi connectivity index (χ0v) is 13.8. The van der Waals surface area contributed by atoms with Crippen LogP contribution in [-0.2, 0) is 0 Å². The van der Waals surface area contributed by atoms with E-state index in [9.17, 15) is 9.59 Å². The molecule has 0 aliphatic carbocycles. The van der Waals surface area contributed by atoms with E-state index >= 15 is 0 Å². The van der Waals surface area contributed by atoms with Gasteiger partial charge in [0.2, 0.25) is 0 Å². The Morgan fingerprint density at radius 2 is 1.81 bits per heavy atom. The third-order valence-corrected chi connectivity index (χ3v) is 4.06. The van der Waals surface area contributed by atoms with Gasteiger partial charge in [0.25, 0.3) is 5.91 Å². The lowest BCUT2D eigenvalue weighted by Crippen LogP contribution is -2.14. The van der Waals surface area contributed by atoms with Crippen molar-refractivity contribution in [2.75, 3.05) is 5.32 Å². The van der Waals surface area contributed by atoms with Gasteiger partial charge in [0.1, 0.15) is 6.26 Å². The number of aromatic nitrogens is 3. The molecule has 2 aromatic heterocycles. The van der Waals surface area contributed by atoms with Crippen molar-refractivity contribution in [1.29, 1.82) is 0 Å². The summed E-state index contributed by atoms with van der Waals surface area (Å²) in [4.78, 5) is 24.4. The number of aryl methyl sites for hydroxylation is 1. The average molecular weight is 346 g/mol. The standard InChI is InChI=1S/C19H14N4O3/c1-12-10-20-22-23(12)14-8-6-13(7-9-14)21-18(24)17-11-26-19(25)16-5-3-2-4-15(16)17/h2-11H,1H3,(H,21,24). The number of hydrogen-bond donors (Lipinski definition) is 1. The van der Waals surface area contributed by atoms with Gasteiger partial charge in [-0.15, -0.1) is 5.10 Å². The second-order valence-electron chi connectivity index (χ2n) is 5.77. The van der Waals surface area contributed by atoms with Crippen LogP contribution in [0.2, 0.25) is 0 Å². The van der Waals surface area contributed by atoms with Crippen molar-refractivity contribution in [1.82, 2.24) is 15.0 Å². The molecule has 0 spiro atoms. The minimum absolute atomic E-state index is 0.302. The summed E-state index contributed by atoms with van der Waals surface area (Å²) in [6.07, 6.45) is 2.86. The third-order valence-electron chi connectivity index (χ3n) is 4.06. The largest absolute Gasteiger partial charge is 0.430 e. The lowest BCUT2D eigenvalue weighted by atomic mass is 10.1. The summed E-state index contributed by atoms with van der Waals surface area (Å²) in [6, 6.07) is 14.1. The van der Waals surface area contributed by atoms with Gasteiger partial charge in [-0.3, -0.25) is 4.79 Å². The predicted molar refractivity (Wildman–Crippen MR) is 96.5 cm³/mol. The van der Waals surface area contributed by atoms with Gasteiger partial charge >= 0.3 is 5.63 Å². The molecule has 7 heteroatoms. The smallest absolute Gasteiger partial charge is 0.343 e. The summed E-state index contributed by atoms with van der Waals surface area (Å²) in [5.41, 5.74) is 2.20. The Morgan fingerprint density at radius 1 is 1.08 bits per heavy atom. The first-order valence-electron chi connectivity index (χ1n) is 7.93. The molecule has 7 nitrogen and oxygen atoms in total. The van der Waals surface area contributed by atoms with Crippen LogP contribution in [-0.4, -0.2) is 20.9 Å². The van der Waals surface area contributed by atoms with Gasteiger partial charge in [-0.1, -0.05) is 23.4 Å². The maximum absolute atomic E-state index is 12.6. The van der Waals surface area contributed by atoms with Gasteiger partial charge < -0.3 is 9.73 Å². The fraction of sp³-hybridized carbons (Fsp3) is 0.0526. The zero-order chi connectivity index (χ0) is 18.1. The maximum atomic E-state index is 12.6. The number of carbonyl (C=O) groups excluding carboxylic acids is 1. The summed E-state index contributed by atoms with van der Waals surface area (Å²) in [7, 11) is 0. The summed E-state index contributed by atoms with van der Waals surface area (Å²) in [6.45, 7) is 1.91. The summed E-state index contributed by atoms with van der Waals surface area (Å²) in [5, 5.41) is 11.6. The molecule has 0 bridgehead atoms. The van der Waals surface area contributed by atoms with Gasteiger partial charge in [0, 0.05) is 11.1 Å². The molecule has 128 valence electrons. The molecule has 2 aromatic carbocycles. The molecule has 0 aliphatic rings. The summed E-state index contributed by atoms with van der Waals surface area (Å²) >= 11 is 0. The normalized spacial score (nSPS) is 10.8. The molecule has 26 heavy (non-hydrogen) atoms. The van der Waals surface area contributed by atoms with Crippen LogP contribution in [0.25, 0.3) is 16.5 Å². The van der Waals surface area contributed by atoms with E-state index in [1.165, 1.54) is 6.26 Å². The van der Waals surface area contributed by atoms with Crippen LogP contribution in [0.15, 0.2) is 70.2 Å². The van der Waals surface area contributed by atoms with Crippen molar-refractivity contribution in [3.63, 3.8) is 0 Å². The third kappa shape index (κ3) is 2.75. The Hall–Kier alpha value is -3.74. The number of fused-ring (bicyclic) bond motifs is 1. The van der Waals surface area contributed by atoms with Gasteiger partial charge in [0.05, 0.1) is 28.5 Å². The van der Waals surface area contributed by atoms with E-state index in [-0.39, 0.29) is 5.91 Å². The molecule has 2 heterocycles. The SMILES string of the molecule is Cc1cnnn1-c1ccc(NC(=O)c2coc(=O)c3ccccc23)cc1. The van der Waals surface area contributed by atoms with Crippen LogP contribution in [0.4, 0.5) is 5.69 Å². The monoisotopic (exact) mass is 346 g/mol. The number of rotatable bonds is 3. The molecule has 0 saturated carbocycles. The van der Waals surface area contributed by atoms with Crippen LogP contribution < -0.4 is 10.9 Å². The molecule has 4 aromatic rings. The molecule has 0 atom stereocenters. The molecule has 4 rings (SSSR count). The Labute approximate surface area is 147 Å². The van der Waals surface area contributed by atoms with Crippen molar-refractivity contribution in [3.8, 4) is 5.69 Å². The quantitative estimate of drug-likeness (QED) is 0.616. The van der Waals surface area contributed by atoms with Crippen molar-refractivity contribution in [2.24, 2.45) is 0 Å². The Kier molecular flexibility index (Phi) is 3.81. The second kappa shape index (κ2) is 6.29. The van der Waals surface area contributed by atoms with E-state index in [4.69, 9.17) is 4.42 Å². The van der Waals surface area contributed by atoms with E-state index in [0.29, 0.717) is 22.0 Å². The number of amides is 1. The average Bonchev–Trinajstić information content (AvgIpc) is 3.09. The molecule has 0 unspecified atom stereocenters. The summed E-state index contributed by atoms with van der Waals surface area (Å²) in [5.74, 6) is -0.352. The lowest BCUT2D eigenvalue weighted by Gasteiger charge is -2.08. The van der Waals surface area contributed by atoms with E-state index in [1.807, 2.05) is 19.1 Å². The van der Waals surface area contributed by atoms with Crippen molar-refractivity contribution < 1.29 is 9.21 Å². The highest BCUT2D eigenvalue weighted by Gasteiger charge is 2.13. The number of nitrogens with zero attached hydrogens (tertiary/aromatic N) is 3. The first kappa shape index (κ1) is 15.8. The van der Waals surface area contributed by atoms with Gasteiger partial charge in [0.15, 0.2) is 0 Å². The number of benzene rings is 2. The number of nitrogens with one attached hydrogen (secondary N) is 1. The number of carbonyl (C=O) groups is 1. The van der Waals surface area contributed by atoms with Gasteiger partial charge in [-0.05, 0) is 37.3 Å². The first-order valence-corrected chi connectivity index (χ1v) is 7.93. The fourth-order valence-corrected chi connectivity index (χ4v) is 2.74. The lowest BCUT2D eigenvalue weighted by molar-refractivity contribution is 0.102. The predicted octanol–water partition coefficient (Wildman–Crippen LogP) is 2.93. The Bertz CT molecular complexity index is 1160. The minimum atomic E-state index is -0.468. The van der Waals surface area contributed by atoms with Crippen LogP contribution >= 0.6 is 0 Å². The van der Waals surface area contributed by atoms with E-state index in [0.717, 1.165) is 11.4 Å². The molecule has 0 saturated heterocycles. The molecular weight excluding hydrogens is 332 g/mol. The summed E-state index contributed by atoms with van der Waals surface area (Å²) < 4.78 is 6.68. The second-order valence-corrected chi connectivity index (χ2v) is 5.77. The molecule has 0 aliphatic heterocycles.